The predicted molar refractivity (Wildman–Crippen MR) is 81.3 cm³/mol. The molecule has 1 aliphatic heterocycles. The van der Waals surface area contributed by atoms with Crippen molar-refractivity contribution in [3.63, 3.8) is 0 Å². The van der Waals surface area contributed by atoms with E-state index in [1.807, 2.05) is 12.1 Å². The zero-order chi connectivity index (χ0) is 14.8. The van der Waals surface area contributed by atoms with Crippen LogP contribution in [0.2, 0.25) is 0 Å². The number of rotatable bonds is 3. The van der Waals surface area contributed by atoms with E-state index in [-0.39, 0.29) is 11.5 Å². The van der Waals surface area contributed by atoms with Gasteiger partial charge in [-0.15, -0.1) is 0 Å². The van der Waals surface area contributed by atoms with Gasteiger partial charge in [-0.1, -0.05) is 26.8 Å². The van der Waals surface area contributed by atoms with E-state index in [0.29, 0.717) is 5.75 Å². The molecule has 4 heteroatoms. The van der Waals surface area contributed by atoms with Crippen molar-refractivity contribution < 1.29 is 9.84 Å². The van der Waals surface area contributed by atoms with Gasteiger partial charge in [-0.2, -0.15) is 0 Å². The molecule has 0 saturated carbocycles. The Kier molecular flexibility index (Phi) is 4.55. The summed E-state index contributed by atoms with van der Waals surface area (Å²) in [5, 5.41) is 13.7. The summed E-state index contributed by atoms with van der Waals surface area (Å²) in [4.78, 5) is 2.44. The molecule has 0 aromatic heterocycles. The van der Waals surface area contributed by atoms with Gasteiger partial charge < -0.3 is 15.2 Å². The number of hydrogen-bond donors (Lipinski definition) is 2. The average Bonchev–Trinajstić information content (AvgIpc) is 2.40. The average molecular weight is 278 g/mol. The fourth-order valence-electron chi connectivity index (χ4n) is 3.09. The highest BCUT2D eigenvalue weighted by atomic mass is 16.5. The van der Waals surface area contributed by atoms with E-state index in [2.05, 4.69) is 31.0 Å². The van der Waals surface area contributed by atoms with Crippen molar-refractivity contribution in [2.45, 2.75) is 26.8 Å². The molecule has 0 radical (unpaired) electrons. The highest BCUT2D eigenvalue weighted by Crippen LogP contribution is 2.45. The van der Waals surface area contributed by atoms with Gasteiger partial charge in [-0.25, -0.2) is 0 Å². The molecular formula is C16H26N2O2. The Labute approximate surface area is 121 Å². The molecule has 2 rings (SSSR count). The molecule has 20 heavy (non-hydrogen) atoms. The lowest BCUT2D eigenvalue weighted by Crippen LogP contribution is -2.48. The lowest BCUT2D eigenvalue weighted by atomic mass is 9.80. The third-order valence-corrected chi connectivity index (χ3v) is 3.87. The van der Waals surface area contributed by atoms with Crippen LogP contribution >= 0.6 is 0 Å². The molecule has 4 nitrogen and oxygen atoms in total. The zero-order valence-corrected chi connectivity index (χ0v) is 12.9. The van der Waals surface area contributed by atoms with Crippen LogP contribution in [-0.2, 0) is 0 Å². The van der Waals surface area contributed by atoms with E-state index in [9.17, 15) is 5.11 Å². The van der Waals surface area contributed by atoms with Crippen LogP contribution in [0.5, 0.6) is 11.5 Å². The first-order valence-corrected chi connectivity index (χ1v) is 7.26. The van der Waals surface area contributed by atoms with Crippen molar-refractivity contribution in [3.8, 4) is 11.5 Å². The van der Waals surface area contributed by atoms with E-state index in [1.165, 1.54) is 0 Å². The van der Waals surface area contributed by atoms with Crippen LogP contribution < -0.4 is 10.1 Å². The number of hydrogen-bond acceptors (Lipinski definition) is 4. The lowest BCUT2D eigenvalue weighted by Gasteiger charge is -2.43. The van der Waals surface area contributed by atoms with Crippen LogP contribution in [0, 0.1) is 5.41 Å². The van der Waals surface area contributed by atoms with Crippen molar-refractivity contribution in [3.05, 3.63) is 23.8 Å². The normalized spacial score (nSPS) is 18.8. The first-order chi connectivity index (χ1) is 9.45. The number of methoxy groups -OCH3 is 1. The van der Waals surface area contributed by atoms with E-state index >= 15 is 0 Å². The Bertz CT molecular complexity index is 448. The summed E-state index contributed by atoms with van der Waals surface area (Å²) in [6, 6.07) is 5.64. The minimum Gasteiger partial charge on any atom is -0.507 e. The summed E-state index contributed by atoms with van der Waals surface area (Å²) in [5.41, 5.74) is 0.924. The van der Waals surface area contributed by atoms with Gasteiger partial charge in [-0.3, -0.25) is 4.90 Å². The number of piperazine rings is 1. The van der Waals surface area contributed by atoms with Crippen LogP contribution in [0.25, 0.3) is 0 Å². The minimum absolute atomic E-state index is 0.0173. The second-order valence-corrected chi connectivity index (χ2v) is 6.45. The second kappa shape index (κ2) is 6.02. The molecule has 0 amide bonds. The van der Waals surface area contributed by atoms with Crippen LogP contribution in [0.4, 0.5) is 0 Å². The minimum atomic E-state index is 0.0173. The highest BCUT2D eigenvalue weighted by molar-refractivity contribution is 5.47. The number of aromatic hydroxyl groups is 1. The summed E-state index contributed by atoms with van der Waals surface area (Å²) in [5.74, 6) is 1.09. The Morgan fingerprint density at radius 1 is 1.25 bits per heavy atom. The number of phenols is 1. The molecule has 1 saturated heterocycles. The maximum Gasteiger partial charge on any atom is 0.127 e. The maximum atomic E-state index is 10.4. The molecule has 1 atom stereocenters. The third kappa shape index (κ3) is 3.07. The van der Waals surface area contributed by atoms with Crippen LogP contribution in [0.3, 0.4) is 0 Å². The Morgan fingerprint density at radius 3 is 2.45 bits per heavy atom. The number of phenolic OH excluding ortho intramolecular Hbond substituents is 1. The molecule has 1 aromatic carbocycles. The fraction of sp³-hybridized carbons (Fsp3) is 0.625. The lowest BCUT2D eigenvalue weighted by molar-refractivity contribution is 0.0821. The second-order valence-electron chi connectivity index (χ2n) is 6.45. The van der Waals surface area contributed by atoms with Crippen LogP contribution in [-0.4, -0.2) is 43.3 Å². The van der Waals surface area contributed by atoms with Gasteiger partial charge in [0.1, 0.15) is 11.5 Å². The van der Waals surface area contributed by atoms with E-state index in [1.54, 1.807) is 13.2 Å². The van der Waals surface area contributed by atoms with Gasteiger partial charge in [0.05, 0.1) is 12.7 Å². The smallest absolute Gasteiger partial charge is 0.127 e. The molecule has 2 N–H and O–H groups in total. The molecule has 0 spiro atoms. The van der Waals surface area contributed by atoms with E-state index in [4.69, 9.17) is 4.74 Å². The van der Waals surface area contributed by atoms with Gasteiger partial charge in [0.2, 0.25) is 0 Å². The highest BCUT2D eigenvalue weighted by Gasteiger charge is 2.36. The molecule has 112 valence electrons. The molecular weight excluding hydrogens is 252 g/mol. The fourth-order valence-corrected chi connectivity index (χ4v) is 3.09. The van der Waals surface area contributed by atoms with E-state index in [0.717, 1.165) is 37.5 Å². The quantitative estimate of drug-likeness (QED) is 0.891. The van der Waals surface area contributed by atoms with Crippen molar-refractivity contribution >= 4 is 0 Å². The Hall–Kier alpha value is -1.26. The number of benzene rings is 1. The van der Waals surface area contributed by atoms with Crippen molar-refractivity contribution in [2.24, 2.45) is 5.41 Å². The van der Waals surface area contributed by atoms with Gasteiger partial charge in [0.15, 0.2) is 0 Å². The molecule has 0 unspecified atom stereocenters. The summed E-state index contributed by atoms with van der Waals surface area (Å²) >= 11 is 0. The van der Waals surface area contributed by atoms with E-state index < -0.39 is 0 Å². The molecule has 1 aromatic rings. The largest absolute Gasteiger partial charge is 0.507 e. The Balaban J connectivity index is 2.46. The van der Waals surface area contributed by atoms with Gasteiger partial charge >= 0.3 is 0 Å². The van der Waals surface area contributed by atoms with Crippen LogP contribution in [0.1, 0.15) is 32.4 Å². The summed E-state index contributed by atoms with van der Waals surface area (Å²) in [6.07, 6.45) is 0. The van der Waals surface area contributed by atoms with Gasteiger partial charge in [-0.05, 0) is 17.5 Å². The summed E-state index contributed by atoms with van der Waals surface area (Å²) in [6.45, 7) is 10.6. The molecule has 1 heterocycles. The SMILES string of the molecule is COc1cccc(O)c1[C@@H](N1CCNCC1)C(C)(C)C. The molecule has 1 aliphatic rings. The zero-order valence-electron chi connectivity index (χ0n) is 12.9. The number of ether oxygens (including phenoxy) is 1. The van der Waals surface area contributed by atoms with Gasteiger partial charge in [0.25, 0.3) is 0 Å². The van der Waals surface area contributed by atoms with Crippen molar-refractivity contribution in [2.75, 3.05) is 33.3 Å². The molecule has 0 aliphatic carbocycles. The van der Waals surface area contributed by atoms with Crippen LogP contribution in [0.15, 0.2) is 18.2 Å². The summed E-state index contributed by atoms with van der Waals surface area (Å²) in [7, 11) is 1.66. The molecule has 1 fully saturated rings. The standard InChI is InChI=1S/C16H26N2O2/c1-16(2,3)15(18-10-8-17-9-11-18)14-12(19)6-5-7-13(14)20-4/h5-7,15,17,19H,8-11H2,1-4H3/t15-/m1/s1. The maximum absolute atomic E-state index is 10.4. The topological polar surface area (TPSA) is 44.7 Å². The van der Waals surface area contributed by atoms with Crippen molar-refractivity contribution in [1.29, 1.82) is 0 Å². The Morgan fingerprint density at radius 2 is 1.90 bits per heavy atom. The van der Waals surface area contributed by atoms with Crippen molar-refractivity contribution in [1.82, 2.24) is 10.2 Å². The first kappa shape index (κ1) is 15.1. The predicted octanol–water partition coefficient (Wildman–Crippen LogP) is 2.39. The van der Waals surface area contributed by atoms with Gasteiger partial charge in [0, 0.05) is 32.2 Å². The first-order valence-electron chi connectivity index (χ1n) is 7.26. The third-order valence-electron chi connectivity index (χ3n) is 3.87. The molecule has 0 bridgehead atoms. The summed E-state index contributed by atoms with van der Waals surface area (Å²) < 4.78 is 5.49. The number of nitrogens with one attached hydrogen (secondary N) is 1. The monoisotopic (exact) mass is 278 g/mol. The number of nitrogens with zero attached hydrogens (tertiary/aromatic N) is 1.